The quantitative estimate of drug-likeness (QED) is 0.591. The number of hydrogen-bond acceptors (Lipinski definition) is 3. The SMILES string of the molecule is O=[N+]([O-])Cc1ccc(-c2ccc(F)cc2)o1. The number of furan rings is 1. The van der Waals surface area contributed by atoms with E-state index in [1.165, 1.54) is 12.1 Å². The Kier molecular flexibility index (Phi) is 2.68. The fourth-order valence-electron chi connectivity index (χ4n) is 1.36. The first-order chi connectivity index (χ1) is 7.65. The van der Waals surface area contributed by atoms with E-state index in [4.69, 9.17) is 4.42 Å². The van der Waals surface area contributed by atoms with Crippen LogP contribution in [-0.2, 0) is 6.54 Å². The van der Waals surface area contributed by atoms with Crippen molar-refractivity contribution in [3.8, 4) is 11.3 Å². The summed E-state index contributed by atoms with van der Waals surface area (Å²) >= 11 is 0. The van der Waals surface area contributed by atoms with Gasteiger partial charge in [-0.2, -0.15) is 0 Å². The van der Waals surface area contributed by atoms with E-state index in [0.29, 0.717) is 11.3 Å². The van der Waals surface area contributed by atoms with Gasteiger partial charge in [-0.3, -0.25) is 10.1 Å². The second-order valence-corrected chi connectivity index (χ2v) is 3.26. The Balaban J connectivity index is 2.24. The van der Waals surface area contributed by atoms with Gasteiger partial charge in [-0.15, -0.1) is 0 Å². The third-order valence-corrected chi connectivity index (χ3v) is 2.08. The summed E-state index contributed by atoms with van der Waals surface area (Å²) in [5.41, 5.74) is 0.691. The second kappa shape index (κ2) is 4.14. The molecule has 0 spiro atoms. The lowest BCUT2D eigenvalue weighted by molar-refractivity contribution is -0.499. The van der Waals surface area contributed by atoms with Crippen LogP contribution in [0.1, 0.15) is 5.76 Å². The lowest BCUT2D eigenvalue weighted by Crippen LogP contribution is -1.95. The van der Waals surface area contributed by atoms with E-state index in [0.717, 1.165) is 0 Å². The number of nitrogens with zero attached hydrogens (tertiary/aromatic N) is 1. The zero-order valence-electron chi connectivity index (χ0n) is 8.22. The molecule has 0 saturated heterocycles. The van der Waals surface area contributed by atoms with Crippen LogP contribution >= 0.6 is 0 Å². The fraction of sp³-hybridized carbons (Fsp3) is 0.0909. The first kappa shape index (κ1) is 10.4. The number of nitro groups is 1. The average molecular weight is 221 g/mol. The van der Waals surface area contributed by atoms with Crippen LogP contribution in [-0.4, -0.2) is 4.92 Å². The zero-order chi connectivity index (χ0) is 11.5. The third kappa shape index (κ3) is 2.25. The highest BCUT2D eigenvalue weighted by atomic mass is 19.1. The minimum atomic E-state index is -0.465. The molecule has 1 aromatic carbocycles. The van der Waals surface area contributed by atoms with Gasteiger partial charge >= 0.3 is 0 Å². The first-order valence-electron chi connectivity index (χ1n) is 4.61. The number of hydrogen-bond donors (Lipinski definition) is 0. The van der Waals surface area contributed by atoms with Gasteiger partial charge in [-0.05, 0) is 36.4 Å². The van der Waals surface area contributed by atoms with Gasteiger partial charge in [0.25, 0.3) is 6.54 Å². The number of halogens is 1. The molecule has 0 saturated carbocycles. The molecule has 0 aliphatic heterocycles. The van der Waals surface area contributed by atoms with Crippen molar-refractivity contribution in [3.63, 3.8) is 0 Å². The van der Waals surface area contributed by atoms with Gasteiger partial charge in [0.05, 0.1) is 0 Å². The van der Waals surface area contributed by atoms with Crippen molar-refractivity contribution < 1.29 is 13.7 Å². The average Bonchev–Trinajstić information content (AvgIpc) is 2.66. The monoisotopic (exact) mass is 221 g/mol. The molecule has 82 valence electrons. The van der Waals surface area contributed by atoms with Crippen molar-refractivity contribution in [2.45, 2.75) is 6.54 Å². The summed E-state index contributed by atoms with van der Waals surface area (Å²) in [5, 5.41) is 10.3. The van der Waals surface area contributed by atoms with Crippen LogP contribution in [0.2, 0.25) is 0 Å². The van der Waals surface area contributed by atoms with Gasteiger partial charge in [-0.1, -0.05) is 0 Å². The van der Waals surface area contributed by atoms with Crippen LogP contribution in [0.4, 0.5) is 4.39 Å². The maximum atomic E-state index is 12.7. The predicted molar refractivity (Wildman–Crippen MR) is 54.8 cm³/mol. The maximum absolute atomic E-state index is 12.7. The van der Waals surface area contributed by atoms with Crippen molar-refractivity contribution in [2.24, 2.45) is 0 Å². The van der Waals surface area contributed by atoms with Gasteiger partial charge in [0.2, 0.25) is 0 Å². The molecule has 0 N–H and O–H groups in total. The highest BCUT2D eigenvalue weighted by Crippen LogP contribution is 2.22. The summed E-state index contributed by atoms with van der Waals surface area (Å²) in [6, 6.07) is 8.91. The summed E-state index contributed by atoms with van der Waals surface area (Å²) in [5.74, 6) is 0.446. The molecule has 16 heavy (non-hydrogen) atoms. The largest absolute Gasteiger partial charge is 0.454 e. The lowest BCUT2D eigenvalue weighted by atomic mass is 10.2. The van der Waals surface area contributed by atoms with Gasteiger partial charge in [-0.25, -0.2) is 4.39 Å². The van der Waals surface area contributed by atoms with Gasteiger partial charge < -0.3 is 4.42 Å². The Bertz CT molecular complexity index is 504. The molecule has 5 heteroatoms. The van der Waals surface area contributed by atoms with Crippen LogP contribution in [0.15, 0.2) is 40.8 Å². The molecule has 1 aromatic heterocycles. The van der Waals surface area contributed by atoms with E-state index >= 15 is 0 Å². The summed E-state index contributed by atoms with van der Waals surface area (Å²) in [6.07, 6.45) is 0. The minimum Gasteiger partial charge on any atom is -0.454 e. The van der Waals surface area contributed by atoms with Crippen molar-refractivity contribution in [3.05, 3.63) is 58.1 Å². The van der Waals surface area contributed by atoms with Crippen LogP contribution in [0.3, 0.4) is 0 Å². The molecule has 0 amide bonds. The molecule has 0 bridgehead atoms. The number of benzene rings is 1. The lowest BCUT2D eigenvalue weighted by Gasteiger charge is -1.95. The van der Waals surface area contributed by atoms with Crippen LogP contribution in [0.5, 0.6) is 0 Å². The van der Waals surface area contributed by atoms with E-state index in [-0.39, 0.29) is 18.1 Å². The van der Waals surface area contributed by atoms with Crippen molar-refractivity contribution in [1.82, 2.24) is 0 Å². The first-order valence-corrected chi connectivity index (χ1v) is 4.61. The molecule has 0 aliphatic carbocycles. The van der Waals surface area contributed by atoms with E-state index in [1.807, 2.05) is 0 Å². The van der Waals surface area contributed by atoms with Gasteiger partial charge in [0.1, 0.15) is 11.6 Å². The Hall–Kier alpha value is -2.17. The second-order valence-electron chi connectivity index (χ2n) is 3.26. The standard InChI is InChI=1S/C11H8FNO3/c12-9-3-1-8(2-4-9)11-6-5-10(16-11)7-13(14)15/h1-6H,7H2. The molecule has 0 unspecified atom stereocenters. The summed E-state index contributed by atoms with van der Waals surface area (Å²) < 4.78 is 17.9. The topological polar surface area (TPSA) is 56.3 Å². The Morgan fingerprint density at radius 1 is 1.19 bits per heavy atom. The Morgan fingerprint density at radius 2 is 1.88 bits per heavy atom. The van der Waals surface area contributed by atoms with E-state index in [1.54, 1.807) is 24.3 Å². The van der Waals surface area contributed by atoms with E-state index in [2.05, 4.69) is 0 Å². The highest BCUT2D eigenvalue weighted by Gasteiger charge is 2.08. The van der Waals surface area contributed by atoms with Gasteiger partial charge in [0, 0.05) is 10.5 Å². The fourth-order valence-corrected chi connectivity index (χ4v) is 1.36. The Labute approximate surface area is 90.5 Å². The van der Waals surface area contributed by atoms with Crippen molar-refractivity contribution in [1.29, 1.82) is 0 Å². The summed E-state index contributed by atoms with van der Waals surface area (Å²) in [6.45, 7) is -0.346. The molecular weight excluding hydrogens is 213 g/mol. The predicted octanol–water partition coefficient (Wildman–Crippen LogP) is 2.86. The molecule has 0 radical (unpaired) electrons. The van der Waals surface area contributed by atoms with Crippen LogP contribution in [0, 0.1) is 15.9 Å². The molecule has 1 heterocycles. The molecular formula is C11H8FNO3. The smallest absolute Gasteiger partial charge is 0.260 e. The zero-order valence-corrected chi connectivity index (χ0v) is 8.22. The van der Waals surface area contributed by atoms with Crippen molar-refractivity contribution >= 4 is 0 Å². The summed E-state index contributed by atoms with van der Waals surface area (Å²) in [4.78, 5) is 9.79. The summed E-state index contributed by atoms with van der Waals surface area (Å²) in [7, 11) is 0. The number of rotatable bonds is 3. The van der Waals surface area contributed by atoms with Crippen LogP contribution < -0.4 is 0 Å². The maximum Gasteiger partial charge on any atom is 0.260 e. The van der Waals surface area contributed by atoms with Crippen LogP contribution in [0.25, 0.3) is 11.3 Å². The minimum absolute atomic E-state index is 0.282. The van der Waals surface area contributed by atoms with E-state index < -0.39 is 4.92 Å². The Morgan fingerprint density at radius 3 is 2.50 bits per heavy atom. The van der Waals surface area contributed by atoms with Crippen molar-refractivity contribution in [2.75, 3.05) is 0 Å². The molecule has 2 rings (SSSR count). The van der Waals surface area contributed by atoms with Gasteiger partial charge in [0.15, 0.2) is 5.76 Å². The molecule has 4 nitrogen and oxygen atoms in total. The molecule has 0 atom stereocenters. The normalized spacial score (nSPS) is 10.3. The molecule has 0 fully saturated rings. The third-order valence-electron chi connectivity index (χ3n) is 2.08. The van der Waals surface area contributed by atoms with E-state index in [9.17, 15) is 14.5 Å². The molecule has 2 aromatic rings. The molecule has 0 aliphatic rings. The highest BCUT2D eigenvalue weighted by molar-refractivity contribution is 5.57.